The van der Waals surface area contributed by atoms with Gasteiger partial charge < -0.3 is 10.8 Å². The molecule has 0 spiro atoms. The number of benzene rings is 1. The van der Waals surface area contributed by atoms with E-state index in [0.717, 1.165) is 11.1 Å². The van der Waals surface area contributed by atoms with Crippen LogP contribution in [-0.2, 0) is 6.42 Å². The van der Waals surface area contributed by atoms with Crippen molar-refractivity contribution in [3.05, 3.63) is 59.9 Å². The van der Waals surface area contributed by atoms with Crippen LogP contribution in [-0.4, -0.2) is 10.1 Å². The minimum Gasteiger partial charge on any atom is -0.398 e. The van der Waals surface area contributed by atoms with Crippen molar-refractivity contribution in [2.24, 2.45) is 0 Å². The number of nitrogens with two attached hydrogens (primary N) is 1. The van der Waals surface area contributed by atoms with Gasteiger partial charge in [0.25, 0.3) is 0 Å². The first-order valence-electron chi connectivity index (χ1n) is 5.19. The number of nitrogen functional groups attached to an aromatic ring is 1. The van der Waals surface area contributed by atoms with Gasteiger partial charge in [0.15, 0.2) is 0 Å². The van der Waals surface area contributed by atoms with Crippen molar-refractivity contribution in [2.45, 2.75) is 12.5 Å². The average molecular weight is 214 g/mol. The zero-order valence-corrected chi connectivity index (χ0v) is 8.88. The summed E-state index contributed by atoms with van der Waals surface area (Å²) in [7, 11) is 0. The molecule has 3 nitrogen and oxygen atoms in total. The van der Waals surface area contributed by atoms with E-state index in [9.17, 15) is 5.11 Å². The predicted octanol–water partition coefficient (Wildman–Crippen LogP) is 1.94. The summed E-state index contributed by atoms with van der Waals surface area (Å²) < 4.78 is 0. The lowest BCUT2D eigenvalue weighted by molar-refractivity contribution is 0.179. The number of rotatable bonds is 3. The smallest absolute Gasteiger partial charge is 0.0850 e. The summed E-state index contributed by atoms with van der Waals surface area (Å²) >= 11 is 0. The first-order valence-corrected chi connectivity index (χ1v) is 5.19. The summed E-state index contributed by atoms with van der Waals surface area (Å²) in [6.45, 7) is 0. The van der Waals surface area contributed by atoms with Gasteiger partial charge in [-0.1, -0.05) is 18.2 Å². The number of aromatic nitrogens is 1. The maximum Gasteiger partial charge on any atom is 0.0850 e. The molecule has 0 fully saturated rings. The highest BCUT2D eigenvalue weighted by molar-refractivity contribution is 5.47. The second kappa shape index (κ2) is 4.77. The molecular formula is C13H14N2O. The molecule has 82 valence electrons. The number of para-hydroxylation sites is 1. The molecule has 16 heavy (non-hydrogen) atoms. The van der Waals surface area contributed by atoms with Gasteiger partial charge in [0, 0.05) is 30.1 Å². The fourth-order valence-electron chi connectivity index (χ4n) is 1.67. The number of aliphatic hydroxyl groups is 1. The van der Waals surface area contributed by atoms with Crippen LogP contribution < -0.4 is 5.73 Å². The van der Waals surface area contributed by atoms with Gasteiger partial charge in [0.2, 0.25) is 0 Å². The summed E-state index contributed by atoms with van der Waals surface area (Å²) in [5.41, 5.74) is 8.26. The molecule has 0 saturated heterocycles. The maximum atomic E-state index is 10.1. The van der Waals surface area contributed by atoms with Crippen molar-refractivity contribution in [1.82, 2.24) is 4.98 Å². The molecule has 0 aliphatic heterocycles. The van der Waals surface area contributed by atoms with Gasteiger partial charge >= 0.3 is 0 Å². The Balaban J connectivity index is 2.15. The number of nitrogens with zero attached hydrogens (tertiary/aromatic N) is 1. The molecule has 0 aliphatic rings. The monoisotopic (exact) mass is 214 g/mol. The van der Waals surface area contributed by atoms with Gasteiger partial charge in [-0.15, -0.1) is 0 Å². The Morgan fingerprint density at radius 3 is 2.50 bits per heavy atom. The van der Waals surface area contributed by atoms with E-state index in [2.05, 4.69) is 4.98 Å². The van der Waals surface area contributed by atoms with E-state index < -0.39 is 6.10 Å². The third-order valence-corrected chi connectivity index (χ3v) is 2.53. The summed E-state index contributed by atoms with van der Waals surface area (Å²) in [5.74, 6) is 0. The lowest BCUT2D eigenvalue weighted by Crippen LogP contribution is -2.05. The standard InChI is InChI=1S/C13H14N2O/c14-12-4-2-1-3-11(12)13(16)9-10-5-7-15-8-6-10/h1-8,13,16H,9,14H2/t13-/m1/s1. The van der Waals surface area contributed by atoms with Gasteiger partial charge in [0.05, 0.1) is 6.10 Å². The van der Waals surface area contributed by atoms with Gasteiger partial charge in [-0.25, -0.2) is 0 Å². The van der Waals surface area contributed by atoms with Gasteiger partial charge in [-0.05, 0) is 23.8 Å². The Bertz CT molecular complexity index is 456. The first kappa shape index (κ1) is 10.6. The van der Waals surface area contributed by atoms with Crippen molar-refractivity contribution in [3.8, 4) is 0 Å². The van der Waals surface area contributed by atoms with E-state index in [-0.39, 0.29) is 0 Å². The average Bonchev–Trinajstić information content (AvgIpc) is 2.31. The van der Waals surface area contributed by atoms with E-state index in [4.69, 9.17) is 5.73 Å². The number of hydrogen-bond acceptors (Lipinski definition) is 3. The summed E-state index contributed by atoms with van der Waals surface area (Å²) in [4.78, 5) is 3.94. The molecule has 0 amide bonds. The van der Waals surface area contributed by atoms with Crippen molar-refractivity contribution < 1.29 is 5.11 Å². The molecule has 0 saturated carbocycles. The third-order valence-electron chi connectivity index (χ3n) is 2.53. The highest BCUT2D eigenvalue weighted by Crippen LogP contribution is 2.22. The molecule has 1 aromatic carbocycles. The van der Waals surface area contributed by atoms with Crippen molar-refractivity contribution in [1.29, 1.82) is 0 Å². The van der Waals surface area contributed by atoms with Gasteiger partial charge in [0.1, 0.15) is 0 Å². The van der Waals surface area contributed by atoms with E-state index in [1.54, 1.807) is 18.5 Å². The minimum atomic E-state index is -0.566. The second-order valence-corrected chi connectivity index (χ2v) is 3.70. The largest absolute Gasteiger partial charge is 0.398 e. The Morgan fingerprint density at radius 2 is 1.81 bits per heavy atom. The van der Waals surface area contributed by atoms with E-state index in [1.165, 1.54) is 0 Å². The highest BCUT2D eigenvalue weighted by Gasteiger charge is 2.10. The summed E-state index contributed by atoms with van der Waals surface area (Å²) in [5, 5.41) is 10.1. The van der Waals surface area contributed by atoms with Crippen LogP contribution in [0.1, 0.15) is 17.2 Å². The highest BCUT2D eigenvalue weighted by atomic mass is 16.3. The molecule has 3 heteroatoms. The third kappa shape index (κ3) is 2.38. The van der Waals surface area contributed by atoms with E-state index >= 15 is 0 Å². The topological polar surface area (TPSA) is 59.1 Å². The Hall–Kier alpha value is -1.87. The van der Waals surface area contributed by atoms with E-state index in [0.29, 0.717) is 12.1 Å². The van der Waals surface area contributed by atoms with Crippen LogP contribution >= 0.6 is 0 Å². The molecule has 0 radical (unpaired) electrons. The lowest BCUT2D eigenvalue weighted by atomic mass is 10.0. The Labute approximate surface area is 94.6 Å². The SMILES string of the molecule is Nc1ccccc1[C@H](O)Cc1ccncc1. The second-order valence-electron chi connectivity index (χ2n) is 3.70. The normalized spacial score (nSPS) is 12.3. The van der Waals surface area contributed by atoms with Crippen LogP contribution in [0.5, 0.6) is 0 Å². The lowest BCUT2D eigenvalue weighted by Gasteiger charge is -2.13. The Morgan fingerprint density at radius 1 is 1.12 bits per heavy atom. The quantitative estimate of drug-likeness (QED) is 0.768. The van der Waals surface area contributed by atoms with Crippen molar-refractivity contribution >= 4 is 5.69 Å². The molecule has 1 atom stereocenters. The van der Waals surface area contributed by atoms with Gasteiger partial charge in [-0.2, -0.15) is 0 Å². The van der Waals surface area contributed by atoms with Crippen molar-refractivity contribution in [3.63, 3.8) is 0 Å². The number of anilines is 1. The molecule has 0 bridgehead atoms. The first-order chi connectivity index (χ1) is 7.77. The zero-order valence-electron chi connectivity index (χ0n) is 8.88. The molecular weight excluding hydrogens is 200 g/mol. The molecule has 1 heterocycles. The predicted molar refractivity (Wildman–Crippen MR) is 63.8 cm³/mol. The molecule has 2 aromatic rings. The van der Waals surface area contributed by atoms with Gasteiger partial charge in [-0.3, -0.25) is 4.98 Å². The summed E-state index contributed by atoms with van der Waals surface area (Å²) in [6, 6.07) is 11.2. The van der Waals surface area contributed by atoms with Crippen LogP contribution in [0.25, 0.3) is 0 Å². The van der Waals surface area contributed by atoms with Crippen molar-refractivity contribution in [2.75, 3.05) is 5.73 Å². The summed E-state index contributed by atoms with van der Waals surface area (Å²) in [6.07, 6.45) is 3.42. The number of aliphatic hydroxyl groups excluding tert-OH is 1. The number of hydrogen-bond donors (Lipinski definition) is 2. The molecule has 2 rings (SSSR count). The number of pyridine rings is 1. The molecule has 0 unspecified atom stereocenters. The molecule has 3 N–H and O–H groups in total. The fourth-order valence-corrected chi connectivity index (χ4v) is 1.67. The zero-order chi connectivity index (χ0) is 11.4. The van der Waals surface area contributed by atoms with Crippen LogP contribution in [0.15, 0.2) is 48.8 Å². The fraction of sp³-hybridized carbons (Fsp3) is 0.154. The maximum absolute atomic E-state index is 10.1. The van der Waals surface area contributed by atoms with Crippen LogP contribution in [0.4, 0.5) is 5.69 Å². The minimum absolute atomic E-state index is 0.552. The van der Waals surface area contributed by atoms with Crippen LogP contribution in [0.2, 0.25) is 0 Å². The van der Waals surface area contributed by atoms with Crippen LogP contribution in [0, 0.1) is 0 Å². The van der Waals surface area contributed by atoms with E-state index in [1.807, 2.05) is 30.3 Å². The molecule has 1 aromatic heterocycles. The Kier molecular flexibility index (Phi) is 3.17. The molecule has 0 aliphatic carbocycles. The van der Waals surface area contributed by atoms with Crippen LogP contribution in [0.3, 0.4) is 0 Å².